The van der Waals surface area contributed by atoms with E-state index in [-0.39, 0.29) is 6.04 Å². The van der Waals surface area contributed by atoms with Crippen LogP contribution in [0.1, 0.15) is 5.56 Å². The van der Waals surface area contributed by atoms with Crippen molar-refractivity contribution < 1.29 is 8.83 Å². The number of furan rings is 1. The average Bonchev–Trinajstić information content (AvgIpc) is 3.88. The van der Waals surface area contributed by atoms with E-state index in [4.69, 9.17) is 13.8 Å². The molecule has 0 saturated carbocycles. The summed E-state index contributed by atoms with van der Waals surface area (Å²) < 4.78 is 13.5. The van der Waals surface area contributed by atoms with Crippen molar-refractivity contribution in [2.24, 2.45) is 0 Å². The van der Waals surface area contributed by atoms with Gasteiger partial charge in [-0.15, -0.1) is 5.73 Å². The van der Waals surface area contributed by atoms with E-state index in [1.807, 2.05) is 48.5 Å². The molecule has 0 fully saturated rings. The van der Waals surface area contributed by atoms with E-state index in [1.54, 1.807) is 0 Å². The zero-order valence-corrected chi connectivity index (χ0v) is 30.8. The second kappa shape index (κ2) is 13.6. The predicted molar refractivity (Wildman–Crippen MR) is 235 cm³/mol. The van der Waals surface area contributed by atoms with Gasteiger partial charge in [-0.25, -0.2) is 4.98 Å². The largest absolute Gasteiger partial charge is 0.455 e. The third kappa shape index (κ3) is 5.75. The molecule has 10 aromatic rings. The highest BCUT2D eigenvalue weighted by atomic mass is 16.4. The predicted octanol–water partition coefficient (Wildman–Crippen LogP) is 14.2. The molecule has 0 aliphatic heterocycles. The van der Waals surface area contributed by atoms with Crippen LogP contribution >= 0.6 is 0 Å². The fourth-order valence-corrected chi connectivity index (χ4v) is 8.20. The lowest BCUT2D eigenvalue weighted by atomic mass is 9.91. The van der Waals surface area contributed by atoms with Gasteiger partial charge in [-0.05, 0) is 93.7 Å². The van der Waals surface area contributed by atoms with E-state index in [2.05, 4.69) is 162 Å². The van der Waals surface area contributed by atoms with Crippen LogP contribution in [0.25, 0.3) is 83.1 Å². The summed E-state index contributed by atoms with van der Waals surface area (Å²) in [7, 11) is 0. The van der Waals surface area contributed by atoms with Crippen LogP contribution in [0.15, 0.2) is 215 Å². The third-order valence-electron chi connectivity index (χ3n) is 10.9. The molecule has 1 aliphatic rings. The lowest BCUT2D eigenvalue weighted by Gasteiger charge is -2.32. The number of para-hydroxylation sites is 1. The summed E-state index contributed by atoms with van der Waals surface area (Å²) in [4.78, 5) is 7.47. The van der Waals surface area contributed by atoms with Crippen molar-refractivity contribution in [1.82, 2.24) is 4.98 Å². The number of benzene rings is 8. The number of rotatable bonds is 7. The molecule has 0 N–H and O–H groups in total. The van der Waals surface area contributed by atoms with Crippen LogP contribution in [0.4, 0.5) is 11.4 Å². The Kier molecular flexibility index (Phi) is 7.80. The Labute approximate surface area is 329 Å². The molecule has 1 aliphatic carbocycles. The molecule has 1 unspecified atom stereocenters. The summed E-state index contributed by atoms with van der Waals surface area (Å²) >= 11 is 0. The Morgan fingerprint density at radius 3 is 1.95 bits per heavy atom. The Morgan fingerprint density at radius 2 is 1.18 bits per heavy atom. The smallest absolute Gasteiger partial charge is 0.227 e. The number of anilines is 2. The SMILES string of the molecule is C1=CC(N(c2ccc(-c3c4oc(-c5ccccc5)nc4cc4c3oc3ccccc34)c(-c3ccccc3)c2)c2ccc3ccccc3c2)C=CC=1c1ccccc1. The Balaban J connectivity index is 1.16. The zero-order valence-electron chi connectivity index (χ0n) is 30.8. The summed E-state index contributed by atoms with van der Waals surface area (Å²) in [6, 6.07) is 63.3. The number of fused-ring (bicyclic) bond motifs is 5. The third-order valence-corrected chi connectivity index (χ3v) is 10.9. The molecule has 0 amide bonds. The van der Waals surface area contributed by atoms with Crippen LogP contribution in [0, 0.1) is 0 Å². The van der Waals surface area contributed by atoms with Crippen molar-refractivity contribution in [2.45, 2.75) is 6.04 Å². The fourth-order valence-electron chi connectivity index (χ4n) is 8.20. The molecule has 11 rings (SSSR count). The lowest BCUT2D eigenvalue weighted by Crippen LogP contribution is -2.28. The first kappa shape index (κ1) is 32.8. The van der Waals surface area contributed by atoms with Gasteiger partial charge in [-0.3, -0.25) is 0 Å². The maximum Gasteiger partial charge on any atom is 0.227 e. The summed E-state index contributed by atoms with van der Waals surface area (Å²) in [5.74, 6) is 0.572. The molecule has 1 atom stereocenters. The van der Waals surface area contributed by atoms with E-state index in [0.29, 0.717) is 11.5 Å². The van der Waals surface area contributed by atoms with Crippen molar-refractivity contribution in [3.63, 3.8) is 0 Å². The van der Waals surface area contributed by atoms with Crippen molar-refractivity contribution in [1.29, 1.82) is 0 Å². The molecule has 0 spiro atoms. The lowest BCUT2D eigenvalue weighted by molar-refractivity contribution is 0.619. The molecular formula is C53H34N2O2. The molecule has 4 nitrogen and oxygen atoms in total. The van der Waals surface area contributed by atoms with E-state index < -0.39 is 0 Å². The van der Waals surface area contributed by atoms with Gasteiger partial charge >= 0.3 is 0 Å². The van der Waals surface area contributed by atoms with Crippen LogP contribution in [0.3, 0.4) is 0 Å². The molecule has 2 heterocycles. The summed E-state index contributed by atoms with van der Waals surface area (Å²) in [5, 5.41) is 4.43. The van der Waals surface area contributed by atoms with Gasteiger partial charge in [-0.1, -0.05) is 140 Å². The van der Waals surface area contributed by atoms with E-state index in [1.165, 1.54) is 10.8 Å². The molecule has 57 heavy (non-hydrogen) atoms. The number of nitrogens with zero attached hydrogens (tertiary/aromatic N) is 2. The molecule has 0 saturated heterocycles. The number of allylic oxidation sites excluding steroid dienone is 1. The highest BCUT2D eigenvalue weighted by molar-refractivity contribution is 6.18. The Morgan fingerprint density at radius 1 is 0.509 bits per heavy atom. The molecule has 268 valence electrons. The zero-order chi connectivity index (χ0) is 37.7. The molecular weight excluding hydrogens is 697 g/mol. The second-order valence-electron chi connectivity index (χ2n) is 14.4. The highest BCUT2D eigenvalue weighted by Crippen LogP contribution is 2.47. The van der Waals surface area contributed by atoms with Gasteiger partial charge < -0.3 is 13.7 Å². The van der Waals surface area contributed by atoms with Crippen LogP contribution in [-0.2, 0) is 0 Å². The normalized spacial score (nSPS) is 13.8. The molecule has 0 radical (unpaired) electrons. The van der Waals surface area contributed by atoms with Crippen molar-refractivity contribution in [3.8, 4) is 33.7 Å². The number of hydrogen-bond donors (Lipinski definition) is 0. The van der Waals surface area contributed by atoms with Crippen molar-refractivity contribution in [3.05, 3.63) is 212 Å². The topological polar surface area (TPSA) is 42.4 Å². The van der Waals surface area contributed by atoms with Crippen LogP contribution < -0.4 is 4.90 Å². The minimum Gasteiger partial charge on any atom is -0.455 e. The standard InChI is InChI=1S/C53H34N2O2/c1-4-14-35(15-5-1)37-24-27-41(28-25-37)55(42-29-26-36-16-10-11-21-40(36)32-42)43-30-31-45(46(33-43)38-17-6-2-7-18-38)50-51-47(44-22-12-13-23-49(44)56-51)34-48-52(50)57-53(54-48)39-19-8-3-9-20-39/h1-24,26-34,41H. The molecule has 4 heteroatoms. The van der Waals surface area contributed by atoms with E-state index >= 15 is 0 Å². The summed E-state index contributed by atoms with van der Waals surface area (Å²) in [6.45, 7) is 0. The second-order valence-corrected chi connectivity index (χ2v) is 14.4. The first-order valence-electron chi connectivity index (χ1n) is 19.2. The number of aromatic nitrogens is 1. The fraction of sp³-hybridized carbons (Fsp3) is 0.0189. The van der Waals surface area contributed by atoms with Gasteiger partial charge in [0.15, 0.2) is 5.58 Å². The van der Waals surface area contributed by atoms with E-state index in [0.717, 1.165) is 77.8 Å². The van der Waals surface area contributed by atoms with Gasteiger partial charge in [-0.2, -0.15) is 0 Å². The number of hydrogen-bond acceptors (Lipinski definition) is 4. The highest BCUT2D eigenvalue weighted by Gasteiger charge is 2.26. The maximum absolute atomic E-state index is 6.76. The Bertz CT molecular complexity index is 3220. The molecule has 2 aromatic heterocycles. The maximum atomic E-state index is 6.76. The van der Waals surface area contributed by atoms with Gasteiger partial charge in [0.25, 0.3) is 0 Å². The van der Waals surface area contributed by atoms with Gasteiger partial charge in [0.05, 0.1) is 11.6 Å². The minimum absolute atomic E-state index is 0.0960. The average molecular weight is 731 g/mol. The first-order valence-corrected chi connectivity index (χ1v) is 19.2. The van der Waals surface area contributed by atoms with E-state index in [9.17, 15) is 0 Å². The van der Waals surface area contributed by atoms with Crippen molar-refractivity contribution in [2.75, 3.05) is 4.90 Å². The van der Waals surface area contributed by atoms with Gasteiger partial charge in [0.1, 0.15) is 16.7 Å². The summed E-state index contributed by atoms with van der Waals surface area (Å²) in [6.07, 6.45) is 6.63. The Hall–Kier alpha value is -7.65. The first-order chi connectivity index (χ1) is 28.2. The van der Waals surface area contributed by atoms with Crippen LogP contribution in [0.2, 0.25) is 0 Å². The molecule has 0 bridgehead atoms. The van der Waals surface area contributed by atoms with Crippen molar-refractivity contribution >= 4 is 60.8 Å². The van der Waals surface area contributed by atoms with Crippen LogP contribution in [0.5, 0.6) is 0 Å². The summed E-state index contributed by atoms with van der Waals surface area (Å²) in [5.41, 5.74) is 15.9. The molecule has 8 aromatic carbocycles. The van der Waals surface area contributed by atoms with Crippen LogP contribution in [-0.4, -0.2) is 11.0 Å². The van der Waals surface area contributed by atoms with Gasteiger partial charge in [0.2, 0.25) is 5.89 Å². The number of oxazole rings is 1. The minimum atomic E-state index is -0.0960. The monoisotopic (exact) mass is 730 g/mol. The quantitative estimate of drug-likeness (QED) is 0.153. The van der Waals surface area contributed by atoms with Gasteiger partial charge in [0, 0.05) is 33.3 Å².